The average Bonchev–Trinajstić information content (AvgIpc) is 3.20. The lowest BCUT2D eigenvalue weighted by Crippen LogP contribution is -2.42. The zero-order chi connectivity index (χ0) is 19.1. The van der Waals surface area contributed by atoms with Crippen molar-refractivity contribution in [1.82, 2.24) is 4.90 Å². The van der Waals surface area contributed by atoms with Crippen LogP contribution in [0.1, 0.15) is 27.7 Å². The van der Waals surface area contributed by atoms with Gasteiger partial charge < -0.3 is 19.7 Å². The fourth-order valence-corrected chi connectivity index (χ4v) is 3.92. The Hall–Kier alpha value is -3.18. The summed E-state index contributed by atoms with van der Waals surface area (Å²) >= 11 is 6.40. The molecular formula is C22H17ClN2O3. The second-order valence-corrected chi connectivity index (χ2v) is 7.15. The number of nitrogens with one attached hydrogen (secondary N) is 1. The normalized spacial score (nSPS) is 17.2. The molecule has 1 amide bonds. The zero-order valence-corrected chi connectivity index (χ0v) is 15.6. The molecule has 0 bridgehead atoms. The van der Waals surface area contributed by atoms with Crippen molar-refractivity contribution < 1.29 is 14.3 Å². The number of halogens is 1. The molecule has 0 spiro atoms. The number of hydrogen-bond acceptors (Lipinski definition) is 4. The highest BCUT2D eigenvalue weighted by Gasteiger charge is 2.34. The minimum atomic E-state index is -0.380. The highest BCUT2D eigenvalue weighted by molar-refractivity contribution is 6.32. The molecule has 0 saturated heterocycles. The van der Waals surface area contributed by atoms with Crippen LogP contribution in [0.25, 0.3) is 0 Å². The number of ether oxygens (including phenoxy) is 2. The predicted molar refractivity (Wildman–Crippen MR) is 107 cm³/mol. The SMILES string of the molecule is O=C1c2ccccc2N[C@@H](c2cc(Cl)c3c(c2)OCO3)N1Cc1ccccc1. The molecule has 0 unspecified atom stereocenters. The molecule has 1 N–H and O–H groups in total. The van der Waals surface area contributed by atoms with Crippen LogP contribution in [0.2, 0.25) is 5.02 Å². The van der Waals surface area contributed by atoms with Crippen molar-refractivity contribution in [2.24, 2.45) is 0 Å². The lowest BCUT2D eigenvalue weighted by Gasteiger charge is -2.38. The Bertz CT molecular complexity index is 1050. The van der Waals surface area contributed by atoms with E-state index in [9.17, 15) is 4.79 Å². The molecular weight excluding hydrogens is 376 g/mol. The predicted octanol–water partition coefficient (Wildman–Crippen LogP) is 4.84. The Kier molecular flexibility index (Phi) is 4.10. The molecule has 0 fully saturated rings. The number of carbonyl (C=O) groups excluding carboxylic acids is 1. The number of fused-ring (bicyclic) bond motifs is 2. The molecule has 3 aromatic carbocycles. The third-order valence-electron chi connectivity index (χ3n) is 4.98. The van der Waals surface area contributed by atoms with Gasteiger partial charge in [-0.15, -0.1) is 0 Å². The summed E-state index contributed by atoms with van der Waals surface area (Å²) in [5.41, 5.74) is 3.35. The minimum absolute atomic E-state index is 0.0306. The third kappa shape index (κ3) is 2.84. The van der Waals surface area contributed by atoms with Gasteiger partial charge in [-0.1, -0.05) is 54.1 Å². The first-order chi connectivity index (χ1) is 13.7. The van der Waals surface area contributed by atoms with Crippen LogP contribution in [0.5, 0.6) is 11.5 Å². The van der Waals surface area contributed by atoms with Crippen LogP contribution in [0.4, 0.5) is 5.69 Å². The van der Waals surface area contributed by atoms with Crippen LogP contribution in [-0.2, 0) is 6.54 Å². The van der Waals surface area contributed by atoms with E-state index in [1.807, 2.05) is 71.6 Å². The Morgan fingerprint density at radius 3 is 2.68 bits per heavy atom. The van der Waals surface area contributed by atoms with E-state index in [4.69, 9.17) is 21.1 Å². The highest BCUT2D eigenvalue weighted by atomic mass is 35.5. The van der Waals surface area contributed by atoms with Gasteiger partial charge in [0, 0.05) is 17.8 Å². The van der Waals surface area contributed by atoms with E-state index in [-0.39, 0.29) is 18.9 Å². The number of nitrogens with zero attached hydrogens (tertiary/aromatic N) is 1. The first kappa shape index (κ1) is 17.0. The molecule has 0 aromatic heterocycles. The molecule has 5 nitrogen and oxygen atoms in total. The summed E-state index contributed by atoms with van der Waals surface area (Å²) in [5, 5.41) is 3.95. The summed E-state index contributed by atoms with van der Waals surface area (Å²) < 4.78 is 10.9. The smallest absolute Gasteiger partial charge is 0.258 e. The van der Waals surface area contributed by atoms with Gasteiger partial charge in [-0.25, -0.2) is 0 Å². The van der Waals surface area contributed by atoms with Crippen LogP contribution in [0.15, 0.2) is 66.7 Å². The van der Waals surface area contributed by atoms with Crippen molar-refractivity contribution in [3.63, 3.8) is 0 Å². The van der Waals surface area contributed by atoms with Crippen LogP contribution in [0, 0.1) is 0 Å². The molecule has 28 heavy (non-hydrogen) atoms. The molecule has 3 aromatic rings. The molecule has 2 aliphatic rings. The molecule has 0 saturated carbocycles. The molecule has 0 radical (unpaired) electrons. The van der Waals surface area contributed by atoms with Crippen molar-refractivity contribution in [3.05, 3.63) is 88.4 Å². The van der Waals surface area contributed by atoms with Crippen molar-refractivity contribution in [3.8, 4) is 11.5 Å². The number of hydrogen-bond donors (Lipinski definition) is 1. The van der Waals surface area contributed by atoms with E-state index in [0.717, 1.165) is 16.8 Å². The second-order valence-electron chi connectivity index (χ2n) is 6.75. The zero-order valence-electron chi connectivity index (χ0n) is 14.9. The Labute approximate surface area is 167 Å². The molecule has 2 heterocycles. The summed E-state index contributed by atoms with van der Waals surface area (Å²) in [7, 11) is 0. The number of para-hydroxylation sites is 1. The van der Waals surface area contributed by atoms with Crippen molar-refractivity contribution in [1.29, 1.82) is 0 Å². The molecule has 6 heteroatoms. The van der Waals surface area contributed by atoms with Gasteiger partial charge in [0.05, 0.1) is 10.6 Å². The van der Waals surface area contributed by atoms with E-state index < -0.39 is 0 Å². The second kappa shape index (κ2) is 6.77. The van der Waals surface area contributed by atoms with E-state index in [1.165, 1.54) is 0 Å². The van der Waals surface area contributed by atoms with Gasteiger partial charge in [-0.2, -0.15) is 0 Å². The van der Waals surface area contributed by atoms with Gasteiger partial charge in [-0.05, 0) is 29.8 Å². The van der Waals surface area contributed by atoms with E-state index >= 15 is 0 Å². The number of amides is 1. The minimum Gasteiger partial charge on any atom is -0.454 e. The van der Waals surface area contributed by atoms with Crippen LogP contribution >= 0.6 is 11.6 Å². The number of carbonyl (C=O) groups is 1. The Balaban J connectivity index is 1.59. The summed E-state index contributed by atoms with van der Waals surface area (Å²) in [6.07, 6.45) is -0.380. The highest BCUT2D eigenvalue weighted by Crippen LogP contribution is 2.43. The van der Waals surface area contributed by atoms with Gasteiger partial charge in [0.15, 0.2) is 11.5 Å². The summed E-state index contributed by atoms with van der Waals surface area (Å²) in [6.45, 7) is 0.615. The van der Waals surface area contributed by atoms with Gasteiger partial charge in [0.2, 0.25) is 6.79 Å². The number of anilines is 1. The molecule has 140 valence electrons. The van der Waals surface area contributed by atoms with E-state index in [2.05, 4.69) is 5.32 Å². The fraction of sp³-hybridized carbons (Fsp3) is 0.136. The maximum absolute atomic E-state index is 13.3. The monoisotopic (exact) mass is 392 g/mol. The third-order valence-corrected chi connectivity index (χ3v) is 5.26. The van der Waals surface area contributed by atoms with Gasteiger partial charge >= 0.3 is 0 Å². The molecule has 5 rings (SSSR count). The summed E-state index contributed by atoms with van der Waals surface area (Å²) in [5.74, 6) is 1.11. The maximum Gasteiger partial charge on any atom is 0.258 e. The molecule has 2 aliphatic heterocycles. The molecule has 0 aliphatic carbocycles. The van der Waals surface area contributed by atoms with Crippen LogP contribution < -0.4 is 14.8 Å². The van der Waals surface area contributed by atoms with Gasteiger partial charge in [0.25, 0.3) is 5.91 Å². The Morgan fingerprint density at radius 2 is 1.82 bits per heavy atom. The maximum atomic E-state index is 13.3. The molecule has 1 atom stereocenters. The van der Waals surface area contributed by atoms with Crippen molar-refractivity contribution in [2.45, 2.75) is 12.7 Å². The lowest BCUT2D eigenvalue weighted by atomic mass is 10.0. The van der Waals surface area contributed by atoms with E-state index in [0.29, 0.717) is 28.6 Å². The van der Waals surface area contributed by atoms with Crippen LogP contribution in [-0.4, -0.2) is 17.6 Å². The Morgan fingerprint density at radius 1 is 1.04 bits per heavy atom. The first-order valence-corrected chi connectivity index (χ1v) is 9.38. The topological polar surface area (TPSA) is 50.8 Å². The standard InChI is InChI=1S/C22H17ClN2O3/c23-17-10-15(11-19-20(17)28-13-27-19)21-24-18-9-5-4-8-16(18)22(26)25(21)12-14-6-2-1-3-7-14/h1-11,21,24H,12-13H2/t21-/m1/s1. The van der Waals surface area contributed by atoms with E-state index in [1.54, 1.807) is 0 Å². The average molecular weight is 393 g/mol. The largest absolute Gasteiger partial charge is 0.454 e. The number of rotatable bonds is 3. The lowest BCUT2D eigenvalue weighted by molar-refractivity contribution is 0.0666. The summed E-state index contributed by atoms with van der Waals surface area (Å²) in [6, 6.07) is 21.2. The number of benzene rings is 3. The fourth-order valence-electron chi connectivity index (χ4n) is 3.64. The van der Waals surface area contributed by atoms with Crippen molar-refractivity contribution >= 4 is 23.2 Å². The van der Waals surface area contributed by atoms with Crippen LogP contribution in [0.3, 0.4) is 0 Å². The first-order valence-electron chi connectivity index (χ1n) is 9.00. The summed E-state index contributed by atoms with van der Waals surface area (Å²) in [4.78, 5) is 15.1. The van der Waals surface area contributed by atoms with Gasteiger partial charge in [-0.3, -0.25) is 4.79 Å². The van der Waals surface area contributed by atoms with Gasteiger partial charge in [0.1, 0.15) is 6.17 Å². The van der Waals surface area contributed by atoms with Crippen molar-refractivity contribution in [2.75, 3.05) is 12.1 Å². The quantitative estimate of drug-likeness (QED) is 0.693.